The molecule has 2 rings (SSSR count). The van der Waals surface area contributed by atoms with Crippen molar-refractivity contribution in [1.82, 2.24) is 9.97 Å². The van der Waals surface area contributed by atoms with Gasteiger partial charge in [-0.3, -0.25) is 4.79 Å². The van der Waals surface area contributed by atoms with E-state index in [-0.39, 0.29) is 17.5 Å². The molecular weight excluding hydrogens is 218 g/mol. The van der Waals surface area contributed by atoms with E-state index in [0.29, 0.717) is 11.1 Å². The molecule has 6 heteroatoms. The minimum atomic E-state index is -2.61. The van der Waals surface area contributed by atoms with E-state index in [9.17, 15) is 13.6 Å². The molecule has 0 aliphatic heterocycles. The lowest BCUT2D eigenvalue weighted by Gasteiger charge is -2.04. The van der Waals surface area contributed by atoms with Gasteiger partial charge in [0.25, 0.3) is 6.43 Å². The Morgan fingerprint density at radius 3 is 2.88 bits per heavy atom. The van der Waals surface area contributed by atoms with Gasteiger partial charge in [0.1, 0.15) is 0 Å². The number of rotatable bonds is 3. The molecule has 2 N–H and O–H groups in total. The molecule has 0 saturated heterocycles. The lowest BCUT2D eigenvalue weighted by Crippen LogP contribution is -2.01. The fourth-order valence-electron chi connectivity index (χ4n) is 1.60. The van der Waals surface area contributed by atoms with Gasteiger partial charge in [0, 0.05) is 5.56 Å². The number of hydrogen-bond donors (Lipinski definition) is 2. The smallest absolute Gasteiger partial charge is 0.307 e. The largest absolute Gasteiger partial charge is 0.481 e. The van der Waals surface area contributed by atoms with Crippen molar-refractivity contribution in [2.45, 2.75) is 12.8 Å². The van der Waals surface area contributed by atoms with Gasteiger partial charge in [-0.15, -0.1) is 0 Å². The van der Waals surface area contributed by atoms with E-state index in [1.54, 1.807) is 0 Å². The van der Waals surface area contributed by atoms with Gasteiger partial charge in [-0.25, -0.2) is 13.8 Å². The Balaban J connectivity index is 2.59. The Bertz CT molecular complexity index is 537. The summed E-state index contributed by atoms with van der Waals surface area (Å²) < 4.78 is 25.2. The number of aromatic amines is 1. The van der Waals surface area contributed by atoms with Crippen LogP contribution < -0.4 is 0 Å². The highest BCUT2D eigenvalue weighted by Gasteiger charge is 2.16. The minimum absolute atomic E-state index is 0.165. The number of fused-ring (bicyclic) bond motifs is 1. The molecule has 0 aliphatic carbocycles. The van der Waals surface area contributed by atoms with Crippen molar-refractivity contribution in [2.24, 2.45) is 0 Å². The van der Waals surface area contributed by atoms with Gasteiger partial charge in [-0.2, -0.15) is 0 Å². The summed E-state index contributed by atoms with van der Waals surface area (Å²) in [5.41, 5.74) is 0.753. The number of hydrogen-bond acceptors (Lipinski definition) is 2. The molecule has 0 aliphatic rings. The molecule has 0 atom stereocenters. The van der Waals surface area contributed by atoms with Crippen LogP contribution >= 0.6 is 0 Å². The standard InChI is InChI=1S/C10H8F2N2O2/c11-10(12)6-2-1-5(3-7(15)16)8-9(6)14-4-13-8/h1-2,4,10H,3H2,(H,13,14)(H,15,16). The maximum Gasteiger partial charge on any atom is 0.307 e. The molecule has 0 bridgehead atoms. The van der Waals surface area contributed by atoms with E-state index in [0.717, 1.165) is 0 Å². The predicted octanol–water partition coefficient (Wildman–Crippen LogP) is 2.13. The second kappa shape index (κ2) is 3.88. The van der Waals surface area contributed by atoms with Gasteiger partial charge in [-0.1, -0.05) is 12.1 Å². The Hall–Kier alpha value is -1.98. The molecule has 0 radical (unpaired) electrons. The van der Waals surface area contributed by atoms with Crippen LogP contribution in [0.2, 0.25) is 0 Å². The highest BCUT2D eigenvalue weighted by molar-refractivity contribution is 5.85. The van der Waals surface area contributed by atoms with Gasteiger partial charge in [-0.05, 0) is 5.56 Å². The van der Waals surface area contributed by atoms with Crippen molar-refractivity contribution in [2.75, 3.05) is 0 Å². The summed E-state index contributed by atoms with van der Waals surface area (Å²) in [5.74, 6) is -1.02. The first-order valence-electron chi connectivity index (χ1n) is 4.54. The average Bonchev–Trinajstić information content (AvgIpc) is 2.65. The number of nitrogens with zero attached hydrogens (tertiary/aromatic N) is 1. The van der Waals surface area contributed by atoms with Gasteiger partial charge in [0.15, 0.2) is 0 Å². The van der Waals surface area contributed by atoms with Crippen LogP contribution in [0, 0.1) is 0 Å². The third kappa shape index (κ3) is 1.73. The van der Waals surface area contributed by atoms with Crippen LogP contribution in [0.25, 0.3) is 11.0 Å². The zero-order chi connectivity index (χ0) is 11.7. The second-order valence-corrected chi connectivity index (χ2v) is 3.31. The SMILES string of the molecule is O=C(O)Cc1ccc(C(F)F)c2[nH]cnc12. The van der Waals surface area contributed by atoms with Crippen molar-refractivity contribution in [3.63, 3.8) is 0 Å². The summed E-state index contributed by atoms with van der Waals surface area (Å²) in [4.78, 5) is 17.0. The predicted molar refractivity (Wildman–Crippen MR) is 52.4 cm³/mol. The van der Waals surface area contributed by atoms with Crippen molar-refractivity contribution < 1.29 is 18.7 Å². The van der Waals surface area contributed by atoms with Crippen LogP contribution in [-0.4, -0.2) is 21.0 Å². The van der Waals surface area contributed by atoms with E-state index in [4.69, 9.17) is 5.11 Å². The monoisotopic (exact) mass is 226 g/mol. The molecule has 0 saturated carbocycles. The molecule has 16 heavy (non-hydrogen) atoms. The number of carbonyl (C=O) groups is 1. The van der Waals surface area contributed by atoms with Gasteiger partial charge < -0.3 is 10.1 Å². The van der Waals surface area contributed by atoms with Crippen LogP contribution in [-0.2, 0) is 11.2 Å². The van der Waals surface area contributed by atoms with Crippen molar-refractivity contribution >= 4 is 17.0 Å². The Labute approximate surface area is 88.9 Å². The minimum Gasteiger partial charge on any atom is -0.481 e. The number of carboxylic acids is 1. The molecule has 84 valence electrons. The number of imidazole rings is 1. The van der Waals surface area contributed by atoms with Gasteiger partial charge in [0.2, 0.25) is 0 Å². The summed E-state index contributed by atoms with van der Waals surface area (Å²) >= 11 is 0. The summed E-state index contributed by atoms with van der Waals surface area (Å²) in [6, 6.07) is 2.60. The van der Waals surface area contributed by atoms with Gasteiger partial charge in [0.05, 0.1) is 23.8 Å². The Morgan fingerprint density at radius 2 is 2.25 bits per heavy atom. The molecule has 0 unspecified atom stereocenters. The maximum absolute atomic E-state index is 12.6. The fourth-order valence-corrected chi connectivity index (χ4v) is 1.60. The number of carboxylic acid groups (broad SMARTS) is 1. The second-order valence-electron chi connectivity index (χ2n) is 3.31. The molecule has 2 aromatic rings. The third-order valence-electron chi connectivity index (χ3n) is 2.27. The van der Waals surface area contributed by atoms with Crippen LogP contribution in [0.4, 0.5) is 8.78 Å². The van der Waals surface area contributed by atoms with Crippen molar-refractivity contribution in [3.05, 3.63) is 29.6 Å². The first-order valence-corrected chi connectivity index (χ1v) is 4.54. The van der Waals surface area contributed by atoms with Crippen LogP contribution in [0.5, 0.6) is 0 Å². The molecule has 4 nitrogen and oxygen atoms in total. The number of aliphatic carboxylic acids is 1. The number of aromatic nitrogens is 2. The lowest BCUT2D eigenvalue weighted by molar-refractivity contribution is -0.136. The number of alkyl halides is 2. The summed E-state index contributed by atoms with van der Waals surface area (Å²) in [5, 5.41) is 8.66. The normalized spacial score (nSPS) is 11.2. The van der Waals surface area contributed by atoms with Crippen LogP contribution in [0.3, 0.4) is 0 Å². The Morgan fingerprint density at radius 1 is 1.50 bits per heavy atom. The molecule has 1 heterocycles. The number of nitrogens with one attached hydrogen (secondary N) is 1. The summed E-state index contributed by atoms with van der Waals surface area (Å²) in [7, 11) is 0. The lowest BCUT2D eigenvalue weighted by atomic mass is 10.1. The highest BCUT2D eigenvalue weighted by atomic mass is 19.3. The molecular formula is C10H8F2N2O2. The molecule has 0 spiro atoms. The quantitative estimate of drug-likeness (QED) is 0.842. The molecule has 0 fully saturated rings. The number of H-pyrrole nitrogens is 1. The topological polar surface area (TPSA) is 66.0 Å². The first kappa shape index (κ1) is 10.5. The average molecular weight is 226 g/mol. The molecule has 1 aromatic heterocycles. The van der Waals surface area contributed by atoms with E-state index in [1.165, 1.54) is 18.5 Å². The Kier molecular flexibility index (Phi) is 2.55. The fraction of sp³-hybridized carbons (Fsp3) is 0.200. The highest BCUT2D eigenvalue weighted by Crippen LogP contribution is 2.27. The van der Waals surface area contributed by atoms with E-state index < -0.39 is 12.4 Å². The van der Waals surface area contributed by atoms with Crippen molar-refractivity contribution in [3.8, 4) is 0 Å². The van der Waals surface area contributed by atoms with Gasteiger partial charge >= 0.3 is 5.97 Å². The van der Waals surface area contributed by atoms with E-state index in [1.807, 2.05) is 0 Å². The van der Waals surface area contributed by atoms with E-state index in [2.05, 4.69) is 9.97 Å². The summed E-state index contributed by atoms with van der Waals surface area (Å²) in [6.45, 7) is 0. The number of halogens is 2. The summed E-state index contributed by atoms with van der Waals surface area (Å²) in [6.07, 6.45) is -1.56. The van der Waals surface area contributed by atoms with Crippen molar-refractivity contribution in [1.29, 1.82) is 0 Å². The molecule has 0 amide bonds. The van der Waals surface area contributed by atoms with E-state index >= 15 is 0 Å². The molecule has 1 aromatic carbocycles. The van der Waals surface area contributed by atoms with Crippen LogP contribution in [0.15, 0.2) is 18.5 Å². The third-order valence-corrected chi connectivity index (χ3v) is 2.27. The zero-order valence-electron chi connectivity index (χ0n) is 8.08. The zero-order valence-corrected chi connectivity index (χ0v) is 8.08. The first-order chi connectivity index (χ1) is 7.59. The van der Waals surface area contributed by atoms with Crippen LogP contribution in [0.1, 0.15) is 17.6 Å². The maximum atomic E-state index is 12.6. The number of benzene rings is 1.